The van der Waals surface area contributed by atoms with Gasteiger partial charge in [-0.05, 0) is 29.7 Å². The number of nitrogens with zero attached hydrogens (tertiary/aromatic N) is 2. The maximum Gasteiger partial charge on any atom is 0.225 e. The van der Waals surface area contributed by atoms with Crippen molar-refractivity contribution in [2.75, 3.05) is 5.32 Å². The monoisotopic (exact) mass is 339 g/mol. The molecule has 4 nitrogen and oxygen atoms in total. The van der Waals surface area contributed by atoms with E-state index in [4.69, 9.17) is 11.6 Å². The van der Waals surface area contributed by atoms with E-state index in [2.05, 4.69) is 10.4 Å². The average Bonchev–Trinajstić information content (AvgIpc) is 3.03. The van der Waals surface area contributed by atoms with Crippen LogP contribution in [-0.2, 0) is 17.8 Å². The van der Waals surface area contributed by atoms with Crippen molar-refractivity contribution in [3.63, 3.8) is 0 Å². The minimum absolute atomic E-state index is 0.0319. The molecule has 0 atom stereocenters. The number of hydrogen-bond donors (Lipinski definition) is 1. The van der Waals surface area contributed by atoms with E-state index in [9.17, 15) is 4.79 Å². The van der Waals surface area contributed by atoms with Gasteiger partial charge >= 0.3 is 0 Å². The zero-order chi connectivity index (χ0) is 16.8. The van der Waals surface area contributed by atoms with Crippen LogP contribution in [0.1, 0.15) is 17.5 Å². The lowest BCUT2D eigenvalue weighted by atomic mass is 10.1. The summed E-state index contributed by atoms with van der Waals surface area (Å²) < 4.78 is 1.79. The second-order valence-electron chi connectivity index (χ2n) is 5.56. The summed E-state index contributed by atoms with van der Waals surface area (Å²) in [5.41, 5.74) is 2.25. The van der Waals surface area contributed by atoms with Crippen molar-refractivity contribution in [2.45, 2.75) is 19.4 Å². The SMILES string of the molecule is O=C(CCc1ccccc1)Nc1ccn(Cc2ccc(Cl)cc2)n1. The summed E-state index contributed by atoms with van der Waals surface area (Å²) in [6.45, 7) is 0.636. The number of benzene rings is 2. The molecule has 3 rings (SSSR count). The molecule has 0 spiro atoms. The van der Waals surface area contributed by atoms with Crippen LogP contribution in [0.2, 0.25) is 5.02 Å². The van der Waals surface area contributed by atoms with Gasteiger partial charge in [0.05, 0.1) is 6.54 Å². The molecule has 0 radical (unpaired) electrons. The highest BCUT2D eigenvalue weighted by molar-refractivity contribution is 6.30. The van der Waals surface area contributed by atoms with E-state index >= 15 is 0 Å². The quantitative estimate of drug-likeness (QED) is 0.733. The molecule has 24 heavy (non-hydrogen) atoms. The van der Waals surface area contributed by atoms with E-state index in [1.54, 1.807) is 10.7 Å². The first kappa shape index (κ1) is 16.3. The van der Waals surface area contributed by atoms with E-state index in [1.807, 2.05) is 60.8 Å². The molecule has 3 aromatic rings. The molecule has 5 heteroatoms. The Labute approximate surface area is 146 Å². The smallest absolute Gasteiger partial charge is 0.225 e. The van der Waals surface area contributed by atoms with Crippen molar-refractivity contribution in [1.82, 2.24) is 9.78 Å². The number of anilines is 1. The van der Waals surface area contributed by atoms with Gasteiger partial charge in [0.25, 0.3) is 0 Å². The standard InChI is InChI=1S/C19H18ClN3O/c20-17-9-6-16(7-10-17)14-23-13-12-18(22-23)21-19(24)11-8-15-4-2-1-3-5-15/h1-7,9-10,12-13H,8,11,14H2,(H,21,22,24). The number of rotatable bonds is 6. The number of halogens is 1. The molecule has 122 valence electrons. The minimum atomic E-state index is -0.0319. The number of hydrogen-bond acceptors (Lipinski definition) is 2. The molecule has 1 amide bonds. The first-order valence-electron chi connectivity index (χ1n) is 7.81. The first-order valence-corrected chi connectivity index (χ1v) is 8.18. The van der Waals surface area contributed by atoms with Crippen LogP contribution in [0.4, 0.5) is 5.82 Å². The van der Waals surface area contributed by atoms with E-state index in [1.165, 1.54) is 0 Å². The molecule has 0 aliphatic rings. The predicted molar refractivity (Wildman–Crippen MR) is 96.2 cm³/mol. The summed E-state index contributed by atoms with van der Waals surface area (Å²) in [5.74, 6) is 0.539. The fourth-order valence-corrected chi connectivity index (χ4v) is 2.53. The molecular weight excluding hydrogens is 322 g/mol. The molecule has 0 saturated carbocycles. The molecule has 2 aromatic carbocycles. The van der Waals surface area contributed by atoms with Gasteiger partial charge in [-0.15, -0.1) is 0 Å². The Balaban J connectivity index is 1.51. The molecule has 1 N–H and O–H groups in total. The second kappa shape index (κ2) is 7.79. The lowest BCUT2D eigenvalue weighted by molar-refractivity contribution is -0.116. The van der Waals surface area contributed by atoms with Gasteiger partial charge in [0.1, 0.15) is 0 Å². The van der Waals surface area contributed by atoms with E-state index in [0.717, 1.165) is 17.5 Å². The third kappa shape index (κ3) is 4.70. The number of aromatic nitrogens is 2. The van der Waals surface area contributed by atoms with Crippen molar-refractivity contribution >= 4 is 23.3 Å². The minimum Gasteiger partial charge on any atom is -0.309 e. The Kier molecular flexibility index (Phi) is 5.29. The van der Waals surface area contributed by atoms with E-state index in [-0.39, 0.29) is 5.91 Å². The highest BCUT2D eigenvalue weighted by Gasteiger charge is 2.06. The fraction of sp³-hybridized carbons (Fsp3) is 0.158. The number of amides is 1. The van der Waals surface area contributed by atoms with Crippen LogP contribution >= 0.6 is 11.6 Å². The molecule has 1 aromatic heterocycles. The Bertz CT molecular complexity index is 797. The number of carbonyl (C=O) groups excluding carboxylic acids is 1. The average molecular weight is 340 g/mol. The van der Waals surface area contributed by atoms with E-state index in [0.29, 0.717) is 23.8 Å². The Morgan fingerprint density at radius 2 is 1.75 bits per heavy atom. The number of aryl methyl sites for hydroxylation is 1. The summed E-state index contributed by atoms with van der Waals surface area (Å²) in [6, 6.07) is 19.4. The van der Waals surface area contributed by atoms with Crippen LogP contribution in [0.25, 0.3) is 0 Å². The normalized spacial score (nSPS) is 10.5. The zero-order valence-corrected chi connectivity index (χ0v) is 13.9. The molecule has 0 aliphatic heterocycles. The van der Waals surface area contributed by atoms with Crippen LogP contribution in [-0.4, -0.2) is 15.7 Å². The molecule has 0 bridgehead atoms. The molecular formula is C19H18ClN3O. The molecule has 0 unspecified atom stereocenters. The van der Waals surface area contributed by atoms with Crippen LogP contribution in [0, 0.1) is 0 Å². The van der Waals surface area contributed by atoms with Gasteiger partial charge in [-0.1, -0.05) is 54.1 Å². The highest BCUT2D eigenvalue weighted by atomic mass is 35.5. The first-order chi connectivity index (χ1) is 11.7. The third-order valence-electron chi connectivity index (χ3n) is 3.65. The maximum absolute atomic E-state index is 12.0. The lowest BCUT2D eigenvalue weighted by Gasteiger charge is -2.04. The zero-order valence-electron chi connectivity index (χ0n) is 13.2. The summed E-state index contributed by atoms with van der Waals surface area (Å²) in [4.78, 5) is 12.0. The van der Waals surface area contributed by atoms with Gasteiger partial charge in [0.2, 0.25) is 5.91 Å². The predicted octanol–water partition coefficient (Wildman–Crippen LogP) is 4.16. The van der Waals surface area contributed by atoms with Crippen LogP contribution < -0.4 is 5.32 Å². The number of carbonyl (C=O) groups is 1. The van der Waals surface area contributed by atoms with Crippen molar-refractivity contribution in [3.05, 3.63) is 83.0 Å². The van der Waals surface area contributed by atoms with Gasteiger partial charge in [-0.3, -0.25) is 9.48 Å². The van der Waals surface area contributed by atoms with Crippen LogP contribution in [0.5, 0.6) is 0 Å². The summed E-state index contributed by atoms with van der Waals surface area (Å²) in [7, 11) is 0. The van der Waals surface area contributed by atoms with Gasteiger partial charge < -0.3 is 5.32 Å². The second-order valence-corrected chi connectivity index (χ2v) is 6.00. The lowest BCUT2D eigenvalue weighted by Crippen LogP contribution is -2.13. The molecule has 0 aliphatic carbocycles. The van der Waals surface area contributed by atoms with Crippen LogP contribution in [0.3, 0.4) is 0 Å². The van der Waals surface area contributed by atoms with Crippen LogP contribution in [0.15, 0.2) is 66.9 Å². The molecule has 0 saturated heterocycles. The largest absolute Gasteiger partial charge is 0.309 e. The van der Waals surface area contributed by atoms with Gasteiger partial charge in [-0.25, -0.2) is 0 Å². The van der Waals surface area contributed by atoms with Crippen molar-refractivity contribution in [3.8, 4) is 0 Å². The molecule has 1 heterocycles. The summed E-state index contributed by atoms with van der Waals surface area (Å²) in [6.07, 6.45) is 3.01. The Morgan fingerprint density at radius 1 is 1.00 bits per heavy atom. The Hall–Kier alpha value is -2.59. The van der Waals surface area contributed by atoms with Crippen molar-refractivity contribution in [2.24, 2.45) is 0 Å². The Morgan fingerprint density at radius 3 is 2.50 bits per heavy atom. The van der Waals surface area contributed by atoms with Crippen molar-refractivity contribution < 1.29 is 4.79 Å². The third-order valence-corrected chi connectivity index (χ3v) is 3.90. The topological polar surface area (TPSA) is 46.9 Å². The van der Waals surface area contributed by atoms with Gasteiger partial charge in [-0.2, -0.15) is 5.10 Å². The number of nitrogens with one attached hydrogen (secondary N) is 1. The summed E-state index contributed by atoms with van der Waals surface area (Å²) in [5, 5.41) is 7.92. The van der Waals surface area contributed by atoms with Gasteiger partial charge in [0, 0.05) is 23.7 Å². The van der Waals surface area contributed by atoms with E-state index < -0.39 is 0 Å². The highest BCUT2D eigenvalue weighted by Crippen LogP contribution is 2.12. The molecule has 0 fully saturated rings. The van der Waals surface area contributed by atoms with Gasteiger partial charge in [0.15, 0.2) is 5.82 Å². The summed E-state index contributed by atoms with van der Waals surface area (Å²) >= 11 is 5.88. The fourth-order valence-electron chi connectivity index (χ4n) is 2.40. The maximum atomic E-state index is 12.0. The van der Waals surface area contributed by atoms with Crippen molar-refractivity contribution in [1.29, 1.82) is 0 Å².